The van der Waals surface area contributed by atoms with E-state index < -0.39 is 0 Å². The Morgan fingerprint density at radius 1 is 1.50 bits per heavy atom. The summed E-state index contributed by atoms with van der Waals surface area (Å²) in [5.74, 6) is 0.440. The first-order valence-electron chi connectivity index (χ1n) is 5.68. The van der Waals surface area contributed by atoms with Gasteiger partial charge in [0.1, 0.15) is 0 Å². The molecule has 1 aliphatic rings. The van der Waals surface area contributed by atoms with Crippen LogP contribution in [0, 0.1) is 12.8 Å². The summed E-state index contributed by atoms with van der Waals surface area (Å²) in [6.45, 7) is 4.44. The van der Waals surface area contributed by atoms with Gasteiger partial charge in [0, 0.05) is 26.7 Å². The van der Waals surface area contributed by atoms with Crippen LogP contribution in [0.5, 0.6) is 0 Å². The lowest BCUT2D eigenvalue weighted by Gasteiger charge is -2.30. The van der Waals surface area contributed by atoms with Crippen LogP contribution >= 0.6 is 0 Å². The van der Waals surface area contributed by atoms with Gasteiger partial charge in [0.15, 0.2) is 0 Å². The van der Waals surface area contributed by atoms with Crippen molar-refractivity contribution in [3.8, 4) is 0 Å². The van der Waals surface area contributed by atoms with Crippen molar-refractivity contribution in [1.29, 1.82) is 0 Å². The molecule has 0 spiro atoms. The summed E-state index contributed by atoms with van der Waals surface area (Å²) < 4.78 is 0. The molecule has 1 fully saturated rings. The SMILES string of the molecule is Cc1cccc(CN(C)C(=O)C2CNC2)c1. The second-order valence-corrected chi connectivity index (χ2v) is 4.54. The van der Waals surface area contributed by atoms with Gasteiger partial charge in [-0.1, -0.05) is 29.8 Å². The molecule has 0 radical (unpaired) electrons. The molecule has 0 unspecified atom stereocenters. The molecular weight excluding hydrogens is 200 g/mol. The largest absolute Gasteiger partial charge is 0.341 e. The number of hydrogen-bond donors (Lipinski definition) is 1. The minimum absolute atomic E-state index is 0.190. The molecule has 3 nitrogen and oxygen atoms in total. The summed E-state index contributed by atoms with van der Waals surface area (Å²) >= 11 is 0. The van der Waals surface area contributed by atoms with E-state index >= 15 is 0 Å². The molecular formula is C13H18N2O. The zero-order valence-electron chi connectivity index (χ0n) is 9.86. The standard InChI is InChI=1S/C13H18N2O/c1-10-4-3-5-11(6-10)9-15(2)13(16)12-7-14-8-12/h3-6,12,14H,7-9H2,1-2H3. The number of carbonyl (C=O) groups is 1. The summed E-state index contributed by atoms with van der Waals surface area (Å²) in [6, 6.07) is 8.30. The van der Waals surface area contributed by atoms with Gasteiger partial charge in [-0.25, -0.2) is 0 Å². The Morgan fingerprint density at radius 2 is 2.25 bits per heavy atom. The fourth-order valence-electron chi connectivity index (χ4n) is 1.94. The van der Waals surface area contributed by atoms with Crippen LogP contribution in [0.1, 0.15) is 11.1 Å². The third-order valence-corrected chi connectivity index (χ3v) is 3.01. The van der Waals surface area contributed by atoms with Gasteiger partial charge >= 0.3 is 0 Å². The van der Waals surface area contributed by atoms with Gasteiger partial charge < -0.3 is 10.2 Å². The lowest BCUT2D eigenvalue weighted by molar-refractivity contribution is -0.136. The van der Waals surface area contributed by atoms with Gasteiger partial charge in [0.25, 0.3) is 0 Å². The summed E-state index contributed by atoms with van der Waals surface area (Å²) in [7, 11) is 1.88. The molecule has 1 aromatic rings. The number of nitrogens with zero attached hydrogens (tertiary/aromatic N) is 1. The normalized spacial score (nSPS) is 15.6. The highest BCUT2D eigenvalue weighted by atomic mass is 16.2. The van der Waals surface area contributed by atoms with E-state index in [4.69, 9.17) is 0 Å². The second kappa shape index (κ2) is 4.66. The van der Waals surface area contributed by atoms with Crippen LogP contribution in [0.15, 0.2) is 24.3 Å². The average Bonchev–Trinajstić information content (AvgIpc) is 2.14. The van der Waals surface area contributed by atoms with Crippen LogP contribution in [0.25, 0.3) is 0 Å². The quantitative estimate of drug-likeness (QED) is 0.826. The Morgan fingerprint density at radius 3 is 2.81 bits per heavy atom. The third kappa shape index (κ3) is 2.42. The number of carbonyl (C=O) groups excluding carboxylic acids is 1. The van der Waals surface area contributed by atoms with Crippen LogP contribution in [-0.2, 0) is 11.3 Å². The zero-order valence-corrected chi connectivity index (χ0v) is 9.86. The summed E-state index contributed by atoms with van der Waals surface area (Å²) in [6.07, 6.45) is 0. The number of nitrogens with one attached hydrogen (secondary N) is 1. The monoisotopic (exact) mass is 218 g/mol. The first-order valence-corrected chi connectivity index (χ1v) is 5.68. The van der Waals surface area contributed by atoms with E-state index in [1.54, 1.807) is 0 Å². The number of amides is 1. The molecule has 0 atom stereocenters. The van der Waals surface area contributed by atoms with E-state index in [0.717, 1.165) is 13.1 Å². The molecule has 1 saturated heterocycles. The summed E-state index contributed by atoms with van der Waals surface area (Å²) in [4.78, 5) is 13.7. The Hall–Kier alpha value is -1.35. The van der Waals surface area contributed by atoms with Crippen molar-refractivity contribution in [2.75, 3.05) is 20.1 Å². The molecule has 1 aromatic carbocycles. The maximum Gasteiger partial charge on any atom is 0.228 e. The first-order chi connectivity index (χ1) is 7.66. The van der Waals surface area contributed by atoms with Crippen molar-refractivity contribution in [1.82, 2.24) is 10.2 Å². The highest BCUT2D eigenvalue weighted by Gasteiger charge is 2.27. The van der Waals surface area contributed by atoms with Crippen molar-refractivity contribution in [3.05, 3.63) is 35.4 Å². The molecule has 0 saturated carbocycles. The second-order valence-electron chi connectivity index (χ2n) is 4.54. The molecule has 1 amide bonds. The molecule has 1 N–H and O–H groups in total. The molecule has 86 valence electrons. The molecule has 0 bridgehead atoms. The predicted octanol–water partition coefficient (Wildman–Crippen LogP) is 1.17. The van der Waals surface area contributed by atoms with E-state index in [1.165, 1.54) is 11.1 Å². The van der Waals surface area contributed by atoms with Crippen LogP contribution in [-0.4, -0.2) is 30.9 Å². The fraction of sp³-hybridized carbons (Fsp3) is 0.462. The van der Waals surface area contributed by atoms with Crippen molar-refractivity contribution in [3.63, 3.8) is 0 Å². The Bertz CT molecular complexity index is 385. The number of hydrogen-bond acceptors (Lipinski definition) is 2. The van der Waals surface area contributed by atoms with Gasteiger partial charge in [0.2, 0.25) is 5.91 Å². The zero-order chi connectivity index (χ0) is 11.5. The number of benzene rings is 1. The van der Waals surface area contributed by atoms with Gasteiger partial charge in [-0.05, 0) is 12.5 Å². The average molecular weight is 218 g/mol. The summed E-state index contributed by atoms with van der Waals surface area (Å²) in [5.41, 5.74) is 2.44. The molecule has 1 heterocycles. The van der Waals surface area contributed by atoms with Crippen molar-refractivity contribution >= 4 is 5.91 Å². The van der Waals surface area contributed by atoms with Crippen molar-refractivity contribution in [2.45, 2.75) is 13.5 Å². The fourth-order valence-corrected chi connectivity index (χ4v) is 1.94. The molecule has 1 aliphatic heterocycles. The smallest absolute Gasteiger partial charge is 0.228 e. The predicted molar refractivity (Wildman–Crippen MR) is 64.0 cm³/mol. The van der Waals surface area contributed by atoms with Gasteiger partial charge in [-0.3, -0.25) is 4.79 Å². The lowest BCUT2D eigenvalue weighted by Crippen LogP contribution is -2.50. The minimum atomic E-state index is 0.190. The highest BCUT2D eigenvalue weighted by Crippen LogP contribution is 2.11. The lowest BCUT2D eigenvalue weighted by atomic mass is 10.0. The minimum Gasteiger partial charge on any atom is -0.341 e. The first kappa shape index (κ1) is 11.1. The maximum absolute atomic E-state index is 11.9. The molecule has 0 aliphatic carbocycles. The van der Waals surface area contributed by atoms with E-state index in [0.29, 0.717) is 6.54 Å². The Kier molecular flexibility index (Phi) is 3.25. The summed E-state index contributed by atoms with van der Waals surface area (Å²) in [5, 5.41) is 3.12. The number of aryl methyl sites for hydroxylation is 1. The Labute approximate surface area is 96.5 Å². The van der Waals surface area contributed by atoms with E-state index in [9.17, 15) is 4.79 Å². The van der Waals surface area contributed by atoms with Crippen LogP contribution < -0.4 is 5.32 Å². The molecule has 0 aromatic heterocycles. The van der Waals surface area contributed by atoms with Crippen molar-refractivity contribution in [2.24, 2.45) is 5.92 Å². The van der Waals surface area contributed by atoms with Crippen LogP contribution in [0.4, 0.5) is 0 Å². The van der Waals surface area contributed by atoms with Crippen molar-refractivity contribution < 1.29 is 4.79 Å². The van der Waals surface area contributed by atoms with Gasteiger partial charge in [-0.2, -0.15) is 0 Å². The molecule has 3 heteroatoms. The van der Waals surface area contributed by atoms with E-state index in [-0.39, 0.29) is 11.8 Å². The third-order valence-electron chi connectivity index (χ3n) is 3.01. The maximum atomic E-state index is 11.9. The number of rotatable bonds is 3. The Balaban J connectivity index is 1.95. The van der Waals surface area contributed by atoms with Gasteiger partial charge in [-0.15, -0.1) is 0 Å². The van der Waals surface area contributed by atoms with Crippen LogP contribution in [0.2, 0.25) is 0 Å². The molecule has 2 rings (SSSR count). The highest BCUT2D eigenvalue weighted by molar-refractivity contribution is 5.79. The topological polar surface area (TPSA) is 32.3 Å². The molecule has 16 heavy (non-hydrogen) atoms. The van der Waals surface area contributed by atoms with Crippen LogP contribution in [0.3, 0.4) is 0 Å². The van der Waals surface area contributed by atoms with E-state index in [2.05, 4.69) is 30.4 Å². The van der Waals surface area contributed by atoms with Gasteiger partial charge in [0.05, 0.1) is 5.92 Å². The van der Waals surface area contributed by atoms with E-state index in [1.807, 2.05) is 18.0 Å².